The summed E-state index contributed by atoms with van der Waals surface area (Å²) in [6, 6.07) is 15.9. The number of esters is 1. The Morgan fingerprint density at radius 2 is 1.68 bits per heavy atom. The van der Waals surface area contributed by atoms with E-state index in [1.807, 2.05) is 0 Å². The van der Waals surface area contributed by atoms with Gasteiger partial charge in [-0.3, -0.25) is 19.2 Å². The van der Waals surface area contributed by atoms with Crippen LogP contribution in [0.4, 0.5) is 11.4 Å². The molecular formula is C26H26N4O9S. The molecule has 3 rings (SSSR count). The summed E-state index contributed by atoms with van der Waals surface area (Å²) >= 11 is 0. The van der Waals surface area contributed by atoms with Gasteiger partial charge >= 0.3 is 5.97 Å². The fourth-order valence-electron chi connectivity index (χ4n) is 3.33. The minimum atomic E-state index is -4.41. The van der Waals surface area contributed by atoms with Gasteiger partial charge in [0.1, 0.15) is 18.0 Å². The number of ether oxygens (including phenoxy) is 3. The van der Waals surface area contributed by atoms with Crippen molar-refractivity contribution in [2.24, 2.45) is 5.10 Å². The van der Waals surface area contributed by atoms with Gasteiger partial charge in [-0.25, -0.2) is 18.6 Å². The Bertz CT molecular complexity index is 1510. The van der Waals surface area contributed by atoms with Gasteiger partial charge in [-0.15, -0.1) is 0 Å². The topological polar surface area (TPSA) is 167 Å². The van der Waals surface area contributed by atoms with Crippen molar-refractivity contribution >= 4 is 39.5 Å². The lowest BCUT2D eigenvalue weighted by atomic mass is 10.2. The van der Waals surface area contributed by atoms with Crippen molar-refractivity contribution in [2.45, 2.75) is 11.8 Å². The van der Waals surface area contributed by atoms with Crippen LogP contribution in [0.3, 0.4) is 0 Å². The number of anilines is 1. The van der Waals surface area contributed by atoms with E-state index in [0.29, 0.717) is 17.1 Å². The quantitative estimate of drug-likeness (QED) is 0.149. The summed E-state index contributed by atoms with van der Waals surface area (Å²) in [5, 5.41) is 15.3. The summed E-state index contributed by atoms with van der Waals surface area (Å²) in [6.45, 7) is 0.571. The van der Waals surface area contributed by atoms with E-state index in [2.05, 4.69) is 15.3 Å². The van der Waals surface area contributed by atoms with Gasteiger partial charge in [0.25, 0.3) is 21.6 Å². The van der Waals surface area contributed by atoms with Gasteiger partial charge in [0, 0.05) is 11.6 Å². The molecule has 13 nitrogen and oxygen atoms in total. The Labute approximate surface area is 230 Å². The lowest BCUT2D eigenvalue weighted by Gasteiger charge is -2.24. The number of nitro benzene ring substituents is 1. The van der Waals surface area contributed by atoms with Gasteiger partial charge in [0.15, 0.2) is 6.61 Å². The zero-order valence-corrected chi connectivity index (χ0v) is 22.6. The van der Waals surface area contributed by atoms with E-state index in [1.54, 1.807) is 24.3 Å². The molecule has 1 amide bonds. The van der Waals surface area contributed by atoms with Crippen LogP contribution in [0, 0.1) is 17.0 Å². The maximum absolute atomic E-state index is 13.6. The largest absolute Gasteiger partial charge is 0.497 e. The van der Waals surface area contributed by atoms with Crippen LogP contribution in [0.2, 0.25) is 0 Å². The maximum atomic E-state index is 13.6. The first-order valence-electron chi connectivity index (χ1n) is 11.6. The van der Waals surface area contributed by atoms with Crippen LogP contribution in [0.1, 0.15) is 11.1 Å². The zero-order chi connectivity index (χ0) is 29.3. The van der Waals surface area contributed by atoms with Gasteiger partial charge < -0.3 is 14.2 Å². The molecule has 0 unspecified atom stereocenters. The van der Waals surface area contributed by atoms with Crippen molar-refractivity contribution in [1.29, 1.82) is 0 Å². The number of carbonyl (C=O) groups excluding carboxylic acids is 2. The molecule has 0 bridgehead atoms. The van der Waals surface area contributed by atoms with E-state index in [4.69, 9.17) is 9.47 Å². The van der Waals surface area contributed by atoms with Crippen LogP contribution in [0.15, 0.2) is 76.7 Å². The summed E-state index contributed by atoms with van der Waals surface area (Å²) in [5.74, 6) is -0.416. The van der Waals surface area contributed by atoms with Gasteiger partial charge in [-0.05, 0) is 67.1 Å². The summed E-state index contributed by atoms with van der Waals surface area (Å²) < 4.78 is 42.8. The summed E-state index contributed by atoms with van der Waals surface area (Å²) in [5.41, 5.74) is 2.91. The summed E-state index contributed by atoms with van der Waals surface area (Å²) in [6.07, 6.45) is 1.33. The highest BCUT2D eigenvalue weighted by molar-refractivity contribution is 7.92. The van der Waals surface area contributed by atoms with E-state index in [0.717, 1.165) is 10.4 Å². The number of nitrogens with one attached hydrogen (secondary N) is 1. The van der Waals surface area contributed by atoms with Gasteiger partial charge in [0.2, 0.25) is 0 Å². The monoisotopic (exact) mass is 570 g/mol. The number of hydrogen-bond donors (Lipinski definition) is 1. The predicted octanol–water partition coefficient (Wildman–Crippen LogP) is 2.81. The van der Waals surface area contributed by atoms with Crippen LogP contribution in [-0.2, 0) is 24.3 Å². The Morgan fingerprint density at radius 1 is 1.02 bits per heavy atom. The van der Waals surface area contributed by atoms with Crippen molar-refractivity contribution in [3.05, 3.63) is 88.0 Å². The van der Waals surface area contributed by atoms with Crippen LogP contribution < -0.4 is 19.2 Å². The highest BCUT2D eigenvalue weighted by Crippen LogP contribution is 2.29. The first kappa shape index (κ1) is 29.6. The fourth-order valence-corrected chi connectivity index (χ4v) is 4.77. The van der Waals surface area contributed by atoms with Gasteiger partial charge in [-0.1, -0.05) is 6.07 Å². The second-order valence-corrected chi connectivity index (χ2v) is 10.0. The molecule has 0 aliphatic rings. The predicted molar refractivity (Wildman–Crippen MR) is 145 cm³/mol. The molecule has 40 heavy (non-hydrogen) atoms. The number of nitrogens with zero attached hydrogens (tertiary/aromatic N) is 3. The summed E-state index contributed by atoms with van der Waals surface area (Å²) in [4.78, 5) is 34.3. The molecule has 0 fully saturated rings. The lowest BCUT2D eigenvalue weighted by molar-refractivity contribution is -0.385. The standard InChI is InChI=1S/C26H26N4O9S/c1-18-4-13-23(14-24(18)30(33)34)40(35,36)29(20-7-11-21(37-2)12-8-20)16-25(31)28-27-15-19-5-9-22(10-6-19)39-17-26(32)38-3/h4-15H,16-17H2,1-3H3,(H,28,31). The number of carbonyl (C=O) groups is 2. The Balaban J connectivity index is 1.79. The smallest absolute Gasteiger partial charge is 0.343 e. The van der Waals surface area contributed by atoms with E-state index >= 15 is 0 Å². The van der Waals surface area contributed by atoms with Crippen LogP contribution in [0.25, 0.3) is 0 Å². The molecule has 0 saturated heterocycles. The number of benzene rings is 3. The number of sulfonamides is 1. The normalized spacial score (nSPS) is 11.1. The number of hydrogen-bond acceptors (Lipinski definition) is 10. The number of amides is 1. The number of rotatable bonds is 12. The van der Waals surface area contributed by atoms with Crippen molar-refractivity contribution < 1.29 is 37.1 Å². The van der Waals surface area contributed by atoms with Crippen molar-refractivity contribution in [2.75, 3.05) is 31.7 Å². The number of hydrazone groups is 1. The number of nitro groups is 1. The van der Waals surface area contributed by atoms with Crippen LogP contribution in [-0.4, -0.2) is 58.8 Å². The zero-order valence-electron chi connectivity index (χ0n) is 21.8. The molecule has 0 aliphatic heterocycles. The SMILES string of the molecule is COC(=O)COc1ccc(C=NNC(=O)CN(c2ccc(OC)cc2)S(=O)(=O)c2ccc(C)c([N+](=O)[O-])c2)cc1. The molecule has 14 heteroatoms. The van der Waals surface area contributed by atoms with E-state index in [9.17, 15) is 28.1 Å². The average Bonchev–Trinajstić information content (AvgIpc) is 2.95. The molecule has 0 saturated carbocycles. The highest BCUT2D eigenvalue weighted by Gasteiger charge is 2.29. The summed E-state index contributed by atoms with van der Waals surface area (Å²) in [7, 11) is -1.71. The Hall–Kier alpha value is -4.98. The maximum Gasteiger partial charge on any atom is 0.343 e. The first-order valence-corrected chi connectivity index (χ1v) is 13.0. The van der Waals surface area contributed by atoms with Gasteiger partial charge in [-0.2, -0.15) is 5.10 Å². The van der Waals surface area contributed by atoms with Crippen molar-refractivity contribution in [3.8, 4) is 11.5 Å². The Morgan fingerprint density at radius 3 is 2.27 bits per heavy atom. The third kappa shape index (κ3) is 7.54. The fraction of sp³-hybridized carbons (Fsp3) is 0.192. The average molecular weight is 571 g/mol. The minimum Gasteiger partial charge on any atom is -0.497 e. The molecule has 3 aromatic rings. The van der Waals surface area contributed by atoms with E-state index < -0.39 is 33.4 Å². The molecule has 0 heterocycles. The molecular weight excluding hydrogens is 544 g/mol. The van der Waals surface area contributed by atoms with Gasteiger partial charge in [0.05, 0.1) is 35.9 Å². The van der Waals surface area contributed by atoms with Crippen molar-refractivity contribution in [3.63, 3.8) is 0 Å². The minimum absolute atomic E-state index is 0.130. The number of methoxy groups -OCH3 is 2. The molecule has 0 radical (unpaired) electrons. The second kappa shape index (κ2) is 13.2. The molecule has 210 valence electrons. The van der Waals surface area contributed by atoms with Crippen LogP contribution in [0.5, 0.6) is 11.5 Å². The number of aryl methyl sites for hydroxylation is 1. The molecule has 3 aromatic carbocycles. The lowest BCUT2D eigenvalue weighted by Crippen LogP contribution is -2.39. The molecule has 1 N–H and O–H groups in total. The molecule has 0 aromatic heterocycles. The highest BCUT2D eigenvalue weighted by atomic mass is 32.2. The third-order valence-electron chi connectivity index (χ3n) is 5.48. The van der Waals surface area contributed by atoms with E-state index in [1.165, 1.54) is 63.8 Å². The molecule has 0 aliphatic carbocycles. The Kier molecular flexibility index (Phi) is 9.76. The molecule has 0 atom stereocenters. The second-order valence-electron chi connectivity index (χ2n) is 8.14. The van der Waals surface area contributed by atoms with Crippen LogP contribution >= 0.6 is 0 Å². The third-order valence-corrected chi connectivity index (χ3v) is 7.25. The first-order chi connectivity index (χ1) is 19.0. The van der Waals surface area contributed by atoms with E-state index in [-0.39, 0.29) is 28.4 Å². The molecule has 0 spiro atoms. The van der Waals surface area contributed by atoms with Crippen molar-refractivity contribution in [1.82, 2.24) is 5.43 Å².